The van der Waals surface area contributed by atoms with Crippen molar-refractivity contribution >= 4 is 5.91 Å². The summed E-state index contributed by atoms with van der Waals surface area (Å²) < 4.78 is 10.9. The van der Waals surface area contributed by atoms with Gasteiger partial charge in [0.25, 0.3) is 0 Å². The number of phenolic OH excluding ortho intramolecular Hbond substituents is 1. The Kier molecular flexibility index (Phi) is 5.08. The fourth-order valence-corrected chi connectivity index (χ4v) is 3.65. The number of carbonyl (C=O) groups excluding carboxylic acids is 1. The normalized spacial score (nSPS) is 15.2. The molecule has 0 bridgehead atoms. The van der Waals surface area contributed by atoms with Gasteiger partial charge in [-0.1, -0.05) is 12.1 Å². The number of rotatable bonds is 3. The van der Waals surface area contributed by atoms with Crippen LogP contribution in [0.25, 0.3) is 11.1 Å². The summed E-state index contributed by atoms with van der Waals surface area (Å²) in [6.07, 6.45) is 1.19. The zero-order valence-electron chi connectivity index (χ0n) is 15.9. The number of benzene rings is 1. The van der Waals surface area contributed by atoms with Gasteiger partial charge in [0.2, 0.25) is 11.7 Å². The zero-order valence-corrected chi connectivity index (χ0v) is 15.9. The van der Waals surface area contributed by atoms with Crippen molar-refractivity contribution in [3.63, 3.8) is 0 Å². The maximum Gasteiger partial charge on any atom is 0.217 e. The lowest BCUT2D eigenvalue weighted by molar-refractivity contribution is -0.119. The van der Waals surface area contributed by atoms with E-state index in [1.54, 1.807) is 25.1 Å². The van der Waals surface area contributed by atoms with Gasteiger partial charge in [-0.05, 0) is 54.2 Å². The summed E-state index contributed by atoms with van der Waals surface area (Å²) in [6, 6.07) is 6.56. The number of carbonyl (C=O) groups is 1. The number of phenols is 1. The van der Waals surface area contributed by atoms with Crippen molar-refractivity contribution in [3.05, 3.63) is 51.2 Å². The van der Waals surface area contributed by atoms with Gasteiger partial charge >= 0.3 is 0 Å². The van der Waals surface area contributed by atoms with Crippen LogP contribution in [0.4, 0.5) is 0 Å². The van der Waals surface area contributed by atoms with E-state index in [2.05, 4.69) is 5.32 Å². The number of hydrogen-bond donors (Lipinski definition) is 2. The second-order valence-corrected chi connectivity index (χ2v) is 6.68. The smallest absolute Gasteiger partial charge is 0.217 e. The number of ether oxygens (including phenoxy) is 2. The largest absolute Gasteiger partial charge is 0.504 e. The van der Waals surface area contributed by atoms with Crippen LogP contribution in [0, 0.1) is 6.92 Å². The molecule has 0 fully saturated rings. The molecule has 1 amide bonds. The van der Waals surface area contributed by atoms with Crippen molar-refractivity contribution in [1.82, 2.24) is 5.32 Å². The first-order chi connectivity index (χ1) is 12.9. The van der Waals surface area contributed by atoms with Crippen molar-refractivity contribution in [2.45, 2.75) is 32.7 Å². The minimum atomic E-state index is -0.317. The molecule has 1 aliphatic carbocycles. The molecule has 1 atom stereocenters. The van der Waals surface area contributed by atoms with Gasteiger partial charge in [0, 0.05) is 12.5 Å². The molecule has 0 saturated heterocycles. The van der Waals surface area contributed by atoms with Crippen LogP contribution in [0.5, 0.6) is 17.2 Å². The Balaban J connectivity index is 2.41. The first-order valence-corrected chi connectivity index (χ1v) is 8.76. The lowest BCUT2D eigenvalue weighted by Gasteiger charge is -2.18. The summed E-state index contributed by atoms with van der Waals surface area (Å²) in [5, 5.41) is 13.3. The Morgan fingerprint density at radius 3 is 2.52 bits per heavy atom. The molecule has 0 aliphatic heterocycles. The maximum atomic E-state index is 12.5. The highest BCUT2D eigenvalue weighted by molar-refractivity contribution is 5.83. The third kappa shape index (κ3) is 3.35. The number of hydrogen-bond acceptors (Lipinski definition) is 5. The summed E-state index contributed by atoms with van der Waals surface area (Å²) in [6.45, 7) is 3.21. The number of methoxy groups -OCH3 is 2. The van der Waals surface area contributed by atoms with Gasteiger partial charge in [-0.2, -0.15) is 0 Å². The molecule has 0 heterocycles. The SMILES string of the molecule is COc1c(O)cc2c(c1OC)-c1ccc(C)c(=O)cc1[C@@H](NC(C)=O)CC2. The molecule has 2 N–H and O–H groups in total. The molecular formula is C21H23NO5. The van der Waals surface area contributed by atoms with Gasteiger partial charge in [0.1, 0.15) is 0 Å². The minimum Gasteiger partial charge on any atom is -0.504 e. The summed E-state index contributed by atoms with van der Waals surface area (Å²) in [7, 11) is 2.98. The summed E-state index contributed by atoms with van der Waals surface area (Å²) >= 11 is 0. The van der Waals surface area contributed by atoms with Crippen molar-refractivity contribution in [3.8, 4) is 28.4 Å². The van der Waals surface area contributed by atoms with E-state index in [1.807, 2.05) is 6.07 Å². The monoisotopic (exact) mass is 369 g/mol. The van der Waals surface area contributed by atoms with Crippen LogP contribution in [0.15, 0.2) is 29.1 Å². The Bertz CT molecular complexity index is 968. The summed E-state index contributed by atoms with van der Waals surface area (Å²) in [4.78, 5) is 24.2. The molecule has 2 aromatic carbocycles. The average Bonchev–Trinajstić information content (AvgIpc) is 2.85. The number of aromatic hydroxyl groups is 1. The standard InChI is InChI=1S/C21H23NO5/c1-11-5-7-14-15(10-17(11)24)16(22-12(2)23)8-6-13-9-18(25)20(26-3)21(27-4)19(13)14/h5,7,9-10,16,25H,6,8H2,1-4H3,(H,22,23)/t16-/m0/s1. The van der Waals surface area contributed by atoms with Gasteiger partial charge in [0.15, 0.2) is 16.9 Å². The predicted molar refractivity (Wildman–Crippen MR) is 103 cm³/mol. The van der Waals surface area contributed by atoms with E-state index >= 15 is 0 Å². The number of nitrogens with one attached hydrogen (secondary N) is 1. The highest BCUT2D eigenvalue weighted by Crippen LogP contribution is 2.49. The second kappa shape index (κ2) is 7.31. The molecule has 0 aromatic heterocycles. The molecule has 6 nitrogen and oxygen atoms in total. The minimum absolute atomic E-state index is 0.00590. The third-order valence-electron chi connectivity index (χ3n) is 4.92. The fourth-order valence-electron chi connectivity index (χ4n) is 3.65. The Morgan fingerprint density at radius 2 is 1.89 bits per heavy atom. The van der Waals surface area contributed by atoms with Gasteiger partial charge in [0.05, 0.1) is 20.3 Å². The Labute approximate surface area is 157 Å². The van der Waals surface area contributed by atoms with Crippen molar-refractivity contribution in [1.29, 1.82) is 0 Å². The Morgan fingerprint density at radius 1 is 1.19 bits per heavy atom. The Hall–Kier alpha value is -3.02. The van der Waals surface area contributed by atoms with E-state index in [4.69, 9.17) is 9.47 Å². The summed E-state index contributed by atoms with van der Waals surface area (Å²) in [5.41, 5.74) is 3.66. The maximum absolute atomic E-state index is 12.5. The molecule has 0 unspecified atom stereocenters. The first-order valence-electron chi connectivity index (χ1n) is 8.76. The molecule has 27 heavy (non-hydrogen) atoms. The molecular weight excluding hydrogens is 346 g/mol. The molecule has 2 aromatic rings. The van der Waals surface area contributed by atoms with Crippen LogP contribution >= 0.6 is 0 Å². The van der Waals surface area contributed by atoms with E-state index in [1.165, 1.54) is 21.1 Å². The van der Waals surface area contributed by atoms with Gasteiger partial charge in [-0.3, -0.25) is 9.59 Å². The van der Waals surface area contributed by atoms with Crippen molar-refractivity contribution in [2.75, 3.05) is 14.2 Å². The quantitative estimate of drug-likeness (QED) is 0.869. The van der Waals surface area contributed by atoms with Crippen LogP contribution < -0.4 is 20.2 Å². The zero-order chi connectivity index (χ0) is 19.7. The highest BCUT2D eigenvalue weighted by atomic mass is 16.5. The van der Waals surface area contributed by atoms with Crippen LogP contribution in [0.2, 0.25) is 0 Å². The van der Waals surface area contributed by atoms with Crippen LogP contribution in [0.3, 0.4) is 0 Å². The average molecular weight is 369 g/mol. The lowest BCUT2D eigenvalue weighted by atomic mass is 9.95. The van der Waals surface area contributed by atoms with Gasteiger partial charge < -0.3 is 19.9 Å². The first kappa shape index (κ1) is 18.8. The van der Waals surface area contributed by atoms with Crippen molar-refractivity contribution < 1.29 is 19.4 Å². The van der Waals surface area contributed by atoms with E-state index in [-0.39, 0.29) is 28.9 Å². The molecule has 0 spiro atoms. The number of amides is 1. The summed E-state index contributed by atoms with van der Waals surface area (Å²) in [5.74, 6) is 0.480. The molecule has 3 rings (SSSR count). The molecule has 0 radical (unpaired) electrons. The molecule has 0 saturated carbocycles. The van der Waals surface area contributed by atoms with Crippen LogP contribution in [-0.4, -0.2) is 25.2 Å². The second-order valence-electron chi connectivity index (χ2n) is 6.68. The van der Waals surface area contributed by atoms with Crippen molar-refractivity contribution in [2.24, 2.45) is 0 Å². The van der Waals surface area contributed by atoms with Gasteiger partial charge in [-0.15, -0.1) is 0 Å². The van der Waals surface area contributed by atoms with E-state index in [0.29, 0.717) is 24.2 Å². The topological polar surface area (TPSA) is 84.9 Å². The number of aryl methyl sites for hydroxylation is 2. The lowest BCUT2D eigenvalue weighted by Crippen LogP contribution is -2.26. The fraction of sp³-hybridized carbons (Fsp3) is 0.333. The van der Waals surface area contributed by atoms with E-state index in [9.17, 15) is 14.7 Å². The van der Waals surface area contributed by atoms with Crippen LogP contribution in [-0.2, 0) is 11.2 Å². The third-order valence-corrected chi connectivity index (χ3v) is 4.92. The number of fused-ring (bicyclic) bond motifs is 3. The van der Waals surface area contributed by atoms with Crippen LogP contribution in [0.1, 0.15) is 36.1 Å². The molecule has 142 valence electrons. The highest BCUT2D eigenvalue weighted by Gasteiger charge is 2.28. The molecule has 6 heteroatoms. The van der Waals surface area contributed by atoms with Gasteiger partial charge in [-0.25, -0.2) is 0 Å². The molecule has 1 aliphatic rings. The van der Waals surface area contributed by atoms with E-state index in [0.717, 1.165) is 22.3 Å². The predicted octanol–water partition coefficient (Wildman–Crippen LogP) is 2.87. The van der Waals surface area contributed by atoms with E-state index < -0.39 is 0 Å².